The molecule has 0 bridgehead atoms. The number of nitriles is 2. The van der Waals surface area contributed by atoms with Gasteiger partial charge < -0.3 is 14.5 Å². The van der Waals surface area contributed by atoms with Gasteiger partial charge in [-0.2, -0.15) is 10.5 Å². The summed E-state index contributed by atoms with van der Waals surface area (Å²) in [6, 6.07) is 21.0. The van der Waals surface area contributed by atoms with Crippen molar-refractivity contribution >= 4 is 23.5 Å². The summed E-state index contributed by atoms with van der Waals surface area (Å²) in [4.78, 5) is 4.63. The van der Waals surface area contributed by atoms with E-state index in [9.17, 15) is 10.5 Å². The Morgan fingerprint density at radius 2 is 1.02 bits per heavy atom. The van der Waals surface area contributed by atoms with Gasteiger partial charge in [0.15, 0.2) is 0 Å². The quantitative estimate of drug-likeness (QED) is 0.108. The normalized spacial score (nSPS) is 12.8. The van der Waals surface area contributed by atoms with Crippen molar-refractivity contribution in [2.75, 3.05) is 37.0 Å². The van der Waals surface area contributed by atoms with E-state index in [0.29, 0.717) is 17.1 Å². The van der Waals surface area contributed by atoms with Gasteiger partial charge in [-0.1, -0.05) is 114 Å². The molecule has 5 heteroatoms. The van der Waals surface area contributed by atoms with Gasteiger partial charge in [0.05, 0.1) is 0 Å². The van der Waals surface area contributed by atoms with Crippen LogP contribution in [0.1, 0.15) is 102 Å². The Bertz CT molecular complexity index is 1430. The SMILES string of the molecule is CCCCCCCCN(CCCCCCCC)c1ccc(/C=C/C2=CC(=C(C#N)C#N)C=C(/C=C/c3ccc(N(C)C)cc3)O2)cc1. The van der Waals surface area contributed by atoms with Gasteiger partial charge in [-0.25, -0.2) is 0 Å². The molecular weight excluding hydrogens is 576 g/mol. The molecule has 2 aromatic rings. The summed E-state index contributed by atoms with van der Waals surface area (Å²) in [6.45, 7) is 6.75. The number of benzene rings is 2. The van der Waals surface area contributed by atoms with Crippen LogP contribution in [0.4, 0.5) is 11.4 Å². The van der Waals surface area contributed by atoms with Crippen LogP contribution in [0.15, 0.2) is 95.5 Å². The topological polar surface area (TPSA) is 63.3 Å². The number of hydrogen-bond donors (Lipinski definition) is 0. The van der Waals surface area contributed by atoms with Crippen molar-refractivity contribution in [2.24, 2.45) is 0 Å². The zero-order chi connectivity index (χ0) is 33.7. The van der Waals surface area contributed by atoms with Gasteiger partial charge in [0, 0.05) is 44.1 Å². The van der Waals surface area contributed by atoms with Gasteiger partial charge in [0.1, 0.15) is 29.2 Å². The average Bonchev–Trinajstić information content (AvgIpc) is 3.09. The third kappa shape index (κ3) is 13.4. The summed E-state index contributed by atoms with van der Waals surface area (Å²) in [5, 5.41) is 19.1. The van der Waals surface area contributed by atoms with Gasteiger partial charge >= 0.3 is 0 Å². The predicted octanol–water partition coefficient (Wildman–Crippen LogP) is 11.1. The number of anilines is 2. The van der Waals surface area contributed by atoms with E-state index < -0.39 is 0 Å². The molecule has 248 valence electrons. The second-order valence-electron chi connectivity index (χ2n) is 12.5. The maximum Gasteiger partial charge on any atom is 0.137 e. The van der Waals surface area contributed by atoms with Crippen LogP contribution >= 0.6 is 0 Å². The molecule has 0 aromatic heterocycles. The van der Waals surface area contributed by atoms with E-state index >= 15 is 0 Å². The highest BCUT2D eigenvalue weighted by molar-refractivity contribution is 5.62. The Morgan fingerprint density at radius 1 is 0.596 bits per heavy atom. The third-order valence-electron chi connectivity index (χ3n) is 8.45. The number of rotatable bonds is 20. The number of allylic oxidation sites excluding steroid dienone is 6. The monoisotopic (exact) mass is 630 g/mol. The lowest BCUT2D eigenvalue weighted by atomic mass is 10.0. The summed E-state index contributed by atoms with van der Waals surface area (Å²) in [7, 11) is 4.03. The van der Waals surface area contributed by atoms with Crippen LogP contribution in [0.3, 0.4) is 0 Å². The Morgan fingerprint density at radius 3 is 1.45 bits per heavy atom. The van der Waals surface area contributed by atoms with Crippen LogP contribution < -0.4 is 9.80 Å². The summed E-state index contributed by atoms with van der Waals surface area (Å²) >= 11 is 0. The first-order valence-corrected chi connectivity index (χ1v) is 17.6. The van der Waals surface area contributed by atoms with Crippen LogP contribution in [0.25, 0.3) is 12.2 Å². The van der Waals surface area contributed by atoms with Crippen LogP contribution in [-0.2, 0) is 4.74 Å². The summed E-state index contributed by atoms with van der Waals surface area (Å²) in [5.74, 6) is 1.14. The second kappa shape index (κ2) is 21.3. The maximum atomic E-state index is 9.54. The first-order valence-electron chi connectivity index (χ1n) is 17.6. The molecule has 0 radical (unpaired) electrons. The largest absolute Gasteiger partial charge is 0.457 e. The van der Waals surface area contributed by atoms with Crippen molar-refractivity contribution < 1.29 is 4.74 Å². The maximum absolute atomic E-state index is 9.54. The standard InChI is InChI=1S/C42H54N4O/c1-5-7-9-11-13-15-29-46(30-16-14-12-10-8-6-2)40-25-19-36(20-26-40)22-28-42-32-37(38(33-43)34-44)31-41(47-42)27-21-35-17-23-39(24-18-35)45(3)4/h17-28,31-32H,5-16,29-30H2,1-4H3/b27-21+,28-22+. The molecule has 0 saturated heterocycles. The van der Waals surface area contributed by atoms with Gasteiger partial charge in [-0.3, -0.25) is 0 Å². The molecule has 1 aliphatic rings. The van der Waals surface area contributed by atoms with Gasteiger partial charge in [0.25, 0.3) is 0 Å². The minimum absolute atomic E-state index is 0.0561. The molecule has 3 rings (SSSR count). The summed E-state index contributed by atoms with van der Waals surface area (Å²) < 4.78 is 6.16. The fourth-order valence-electron chi connectivity index (χ4n) is 5.58. The molecule has 0 spiro atoms. The third-order valence-corrected chi connectivity index (χ3v) is 8.45. The van der Waals surface area contributed by atoms with Gasteiger partial charge in [-0.15, -0.1) is 0 Å². The Kier molecular flexibility index (Phi) is 16.8. The molecule has 47 heavy (non-hydrogen) atoms. The molecule has 0 amide bonds. The summed E-state index contributed by atoms with van der Waals surface area (Å²) in [6.07, 6.45) is 26.9. The molecule has 1 heterocycles. The highest BCUT2D eigenvalue weighted by Crippen LogP contribution is 2.26. The molecular formula is C42H54N4O. The molecule has 0 N–H and O–H groups in total. The fourth-order valence-corrected chi connectivity index (χ4v) is 5.58. The van der Waals surface area contributed by atoms with Gasteiger partial charge in [-0.05, 0) is 72.5 Å². The predicted molar refractivity (Wildman–Crippen MR) is 200 cm³/mol. The number of hydrogen-bond acceptors (Lipinski definition) is 5. The minimum atomic E-state index is 0.0561. The Hall–Kier alpha value is -4.48. The van der Waals surface area contributed by atoms with E-state index in [0.717, 1.165) is 29.9 Å². The number of nitrogens with zero attached hydrogens (tertiary/aromatic N) is 4. The average molecular weight is 631 g/mol. The molecule has 0 atom stereocenters. The van der Waals surface area contributed by atoms with Crippen LogP contribution in [0.2, 0.25) is 0 Å². The zero-order valence-corrected chi connectivity index (χ0v) is 29.2. The highest BCUT2D eigenvalue weighted by atomic mass is 16.5. The number of ether oxygens (including phenoxy) is 1. The second-order valence-corrected chi connectivity index (χ2v) is 12.5. The minimum Gasteiger partial charge on any atom is -0.457 e. The van der Waals surface area contributed by atoms with E-state index in [4.69, 9.17) is 4.74 Å². The lowest BCUT2D eigenvalue weighted by Crippen LogP contribution is -2.25. The molecule has 0 unspecified atom stereocenters. The van der Waals surface area contributed by atoms with Crippen LogP contribution in [-0.4, -0.2) is 27.2 Å². The Labute approximate surface area is 284 Å². The molecule has 0 aliphatic carbocycles. The fraction of sp³-hybridized carbons (Fsp3) is 0.429. The smallest absolute Gasteiger partial charge is 0.137 e. The highest BCUT2D eigenvalue weighted by Gasteiger charge is 2.12. The van der Waals surface area contributed by atoms with Crippen molar-refractivity contribution in [1.29, 1.82) is 10.5 Å². The van der Waals surface area contributed by atoms with Crippen LogP contribution in [0, 0.1) is 22.7 Å². The zero-order valence-electron chi connectivity index (χ0n) is 29.2. The van der Waals surface area contributed by atoms with Crippen molar-refractivity contribution in [3.8, 4) is 12.1 Å². The lowest BCUT2D eigenvalue weighted by Gasteiger charge is -2.25. The van der Waals surface area contributed by atoms with E-state index in [1.807, 2.05) is 62.7 Å². The summed E-state index contributed by atoms with van der Waals surface area (Å²) in [5.41, 5.74) is 5.10. The molecule has 1 aliphatic heterocycles. The van der Waals surface area contributed by atoms with Crippen molar-refractivity contribution in [3.05, 3.63) is 107 Å². The van der Waals surface area contributed by atoms with E-state index in [2.05, 4.69) is 60.0 Å². The van der Waals surface area contributed by atoms with Crippen molar-refractivity contribution in [2.45, 2.75) is 90.9 Å². The first kappa shape index (κ1) is 37.0. The van der Waals surface area contributed by atoms with Crippen LogP contribution in [0.5, 0.6) is 0 Å². The van der Waals surface area contributed by atoms with Gasteiger partial charge in [0.2, 0.25) is 0 Å². The lowest BCUT2D eigenvalue weighted by molar-refractivity contribution is 0.332. The Balaban J connectivity index is 1.70. The van der Waals surface area contributed by atoms with Crippen molar-refractivity contribution in [3.63, 3.8) is 0 Å². The molecule has 2 aromatic carbocycles. The van der Waals surface area contributed by atoms with Crippen molar-refractivity contribution in [1.82, 2.24) is 0 Å². The van der Waals surface area contributed by atoms with E-state index in [1.54, 1.807) is 12.2 Å². The molecule has 0 saturated carbocycles. The van der Waals surface area contributed by atoms with E-state index in [-0.39, 0.29) is 5.57 Å². The molecule has 5 nitrogen and oxygen atoms in total. The molecule has 0 fully saturated rings. The first-order chi connectivity index (χ1) is 23.0. The number of unbranched alkanes of at least 4 members (excludes halogenated alkanes) is 10. The van der Waals surface area contributed by atoms with E-state index in [1.165, 1.54) is 82.7 Å².